The Hall–Kier alpha value is -0.770. The van der Waals surface area contributed by atoms with Crippen LogP contribution < -0.4 is 11.5 Å². The summed E-state index contributed by atoms with van der Waals surface area (Å²) in [4.78, 5) is 3.98. The molecule has 0 aliphatic carbocycles. The summed E-state index contributed by atoms with van der Waals surface area (Å²) in [6, 6.07) is 0.0463. The number of guanidine groups is 1. The molecule has 11 heavy (non-hydrogen) atoms. The van der Waals surface area contributed by atoms with Crippen molar-refractivity contribution in [3.8, 4) is 0 Å². The van der Waals surface area contributed by atoms with Crippen LogP contribution in [0.5, 0.6) is 0 Å². The molecule has 0 aromatic rings. The zero-order valence-electron chi connectivity index (χ0n) is 7.12. The van der Waals surface area contributed by atoms with Crippen LogP contribution in [0.4, 0.5) is 0 Å². The molecule has 0 aromatic heterocycles. The normalized spacial score (nSPS) is 13.1. The first-order chi connectivity index (χ1) is 5.07. The number of rotatable bonds is 4. The summed E-state index contributed by atoms with van der Waals surface area (Å²) < 4.78 is 0. The molecule has 0 saturated heterocycles. The smallest absolute Gasteiger partial charge is 0.186 e. The summed E-state index contributed by atoms with van der Waals surface area (Å²) in [6.07, 6.45) is 0.621. The SMILES string of the molecule is CC(C)C(CCO)N=C(N)N. The van der Waals surface area contributed by atoms with E-state index < -0.39 is 0 Å². The summed E-state index contributed by atoms with van der Waals surface area (Å²) in [7, 11) is 0. The molecule has 0 aliphatic heterocycles. The van der Waals surface area contributed by atoms with Crippen LogP contribution in [-0.4, -0.2) is 23.7 Å². The lowest BCUT2D eigenvalue weighted by atomic mass is 10.0. The lowest BCUT2D eigenvalue weighted by molar-refractivity contribution is 0.262. The molecule has 1 unspecified atom stereocenters. The molecular formula is C7H17N3O. The van der Waals surface area contributed by atoms with Gasteiger partial charge in [0, 0.05) is 6.61 Å². The van der Waals surface area contributed by atoms with E-state index in [2.05, 4.69) is 4.99 Å². The van der Waals surface area contributed by atoms with Crippen LogP contribution in [0.1, 0.15) is 20.3 Å². The van der Waals surface area contributed by atoms with Gasteiger partial charge in [0.1, 0.15) is 0 Å². The maximum atomic E-state index is 8.65. The van der Waals surface area contributed by atoms with E-state index in [1.807, 2.05) is 13.8 Å². The van der Waals surface area contributed by atoms with E-state index in [-0.39, 0.29) is 18.6 Å². The molecule has 0 aliphatic rings. The largest absolute Gasteiger partial charge is 0.396 e. The first-order valence-corrected chi connectivity index (χ1v) is 3.77. The Morgan fingerprint density at radius 3 is 2.27 bits per heavy atom. The molecule has 0 heterocycles. The molecule has 0 fully saturated rings. The van der Waals surface area contributed by atoms with Gasteiger partial charge in [0.05, 0.1) is 6.04 Å². The Balaban J connectivity index is 4.00. The molecule has 0 saturated carbocycles. The van der Waals surface area contributed by atoms with Crippen LogP contribution in [0.15, 0.2) is 4.99 Å². The molecule has 66 valence electrons. The minimum absolute atomic E-state index is 0.0463. The molecule has 0 bridgehead atoms. The van der Waals surface area contributed by atoms with E-state index in [9.17, 15) is 0 Å². The van der Waals surface area contributed by atoms with Crippen molar-refractivity contribution in [3.05, 3.63) is 0 Å². The summed E-state index contributed by atoms with van der Waals surface area (Å²) in [5.41, 5.74) is 10.4. The van der Waals surface area contributed by atoms with Crippen LogP contribution >= 0.6 is 0 Å². The van der Waals surface area contributed by atoms with Gasteiger partial charge in [0.2, 0.25) is 0 Å². The number of aliphatic imine (C=N–C) groups is 1. The van der Waals surface area contributed by atoms with Crippen molar-refractivity contribution in [1.29, 1.82) is 0 Å². The quantitative estimate of drug-likeness (QED) is 0.388. The maximum Gasteiger partial charge on any atom is 0.186 e. The molecule has 0 amide bonds. The molecule has 1 atom stereocenters. The standard InChI is InChI=1S/C7H17N3O/c1-5(2)6(3-4-11)10-7(8)9/h5-6,11H,3-4H2,1-2H3,(H4,8,9,10). The monoisotopic (exact) mass is 159 g/mol. The fraction of sp³-hybridized carbons (Fsp3) is 0.857. The van der Waals surface area contributed by atoms with E-state index in [0.29, 0.717) is 12.3 Å². The van der Waals surface area contributed by atoms with Crippen molar-refractivity contribution < 1.29 is 5.11 Å². The summed E-state index contributed by atoms with van der Waals surface area (Å²) >= 11 is 0. The van der Waals surface area contributed by atoms with Crippen molar-refractivity contribution in [3.63, 3.8) is 0 Å². The third kappa shape index (κ3) is 4.61. The topological polar surface area (TPSA) is 84.6 Å². The first kappa shape index (κ1) is 10.2. The zero-order valence-corrected chi connectivity index (χ0v) is 7.12. The fourth-order valence-corrected chi connectivity index (χ4v) is 0.871. The second-order valence-electron chi connectivity index (χ2n) is 2.88. The number of aliphatic hydroxyl groups excluding tert-OH is 1. The van der Waals surface area contributed by atoms with Crippen LogP contribution in [0.2, 0.25) is 0 Å². The van der Waals surface area contributed by atoms with Crippen molar-refractivity contribution in [2.24, 2.45) is 22.4 Å². The van der Waals surface area contributed by atoms with E-state index in [4.69, 9.17) is 16.6 Å². The van der Waals surface area contributed by atoms with Crippen LogP contribution in [0, 0.1) is 5.92 Å². The number of nitrogens with zero attached hydrogens (tertiary/aromatic N) is 1. The Bertz CT molecular complexity index is 130. The zero-order chi connectivity index (χ0) is 8.85. The summed E-state index contributed by atoms with van der Waals surface area (Å²) in [5, 5.41) is 8.65. The molecule has 0 spiro atoms. The second-order valence-corrected chi connectivity index (χ2v) is 2.88. The van der Waals surface area contributed by atoms with Gasteiger partial charge >= 0.3 is 0 Å². The van der Waals surface area contributed by atoms with Gasteiger partial charge in [-0.25, -0.2) is 4.99 Å². The van der Waals surface area contributed by atoms with Gasteiger partial charge in [0.15, 0.2) is 5.96 Å². The minimum Gasteiger partial charge on any atom is -0.396 e. The molecule has 0 rings (SSSR count). The fourth-order valence-electron chi connectivity index (χ4n) is 0.871. The van der Waals surface area contributed by atoms with Gasteiger partial charge < -0.3 is 16.6 Å². The lowest BCUT2D eigenvalue weighted by Crippen LogP contribution is -2.27. The lowest BCUT2D eigenvalue weighted by Gasteiger charge is -2.14. The highest BCUT2D eigenvalue weighted by atomic mass is 16.3. The first-order valence-electron chi connectivity index (χ1n) is 3.77. The molecular weight excluding hydrogens is 142 g/mol. The third-order valence-electron chi connectivity index (χ3n) is 1.51. The molecule has 4 nitrogen and oxygen atoms in total. The van der Waals surface area contributed by atoms with Crippen molar-refractivity contribution in [2.75, 3.05) is 6.61 Å². The Kier molecular flexibility index (Phi) is 4.61. The Morgan fingerprint density at radius 1 is 1.45 bits per heavy atom. The van der Waals surface area contributed by atoms with Gasteiger partial charge in [-0.2, -0.15) is 0 Å². The minimum atomic E-state index is 0.0463. The number of aliphatic hydroxyl groups is 1. The predicted molar refractivity (Wildman–Crippen MR) is 46.1 cm³/mol. The highest BCUT2D eigenvalue weighted by molar-refractivity contribution is 5.75. The van der Waals surface area contributed by atoms with E-state index >= 15 is 0 Å². The predicted octanol–water partition coefficient (Wildman–Crippen LogP) is -0.333. The number of hydrogen-bond donors (Lipinski definition) is 3. The molecule has 5 N–H and O–H groups in total. The van der Waals surface area contributed by atoms with E-state index in [1.54, 1.807) is 0 Å². The average Bonchev–Trinajstić information content (AvgIpc) is 1.86. The van der Waals surface area contributed by atoms with Gasteiger partial charge in [-0.15, -0.1) is 0 Å². The summed E-state index contributed by atoms with van der Waals surface area (Å²) in [5.74, 6) is 0.460. The highest BCUT2D eigenvalue weighted by Crippen LogP contribution is 2.09. The Morgan fingerprint density at radius 2 is 2.00 bits per heavy atom. The number of nitrogens with two attached hydrogens (primary N) is 2. The Labute approximate surface area is 67.3 Å². The van der Waals surface area contributed by atoms with Crippen molar-refractivity contribution in [1.82, 2.24) is 0 Å². The van der Waals surface area contributed by atoms with Crippen molar-refractivity contribution >= 4 is 5.96 Å². The number of hydrogen-bond acceptors (Lipinski definition) is 2. The van der Waals surface area contributed by atoms with Crippen LogP contribution in [0.3, 0.4) is 0 Å². The summed E-state index contributed by atoms with van der Waals surface area (Å²) in [6.45, 7) is 4.17. The van der Waals surface area contributed by atoms with E-state index in [0.717, 1.165) is 0 Å². The second kappa shape index (κ2) is 4.96. The molecule has 0 radical (unpaired) electrons. The molecule has 4 heteroatoms. The average molecular weight is 159 g/mol. The van der Waals surface area contributed by atoms with E-state index in [1.165, 1.54) is 0 Å². The van der Waals surface area contributed by atoms with Gasteiger partial charge in [-0.1, -0.05) is 13.8 Å². The highest BCUT2D eigenvalue weighted by Gasteiger charge is 2.10. The maximum absolute atomic E-state index is 8.65. The third-order valence-corrected chi connectivity index (χ3v) is 1.51. The van der Waals surface area contributed by atoms with Crippen molar-refractivity contribution in [2.45, 2.75) is 26.3 Å². The van der Waals surface area contributed by atoms with Crippen LogP contribution in [-0.2, 0) is 0 Å². The van der Waals surface area contributed by atoms with Gasteiger partial charge in [0.25, 0.3) is 0 Å². The van der Waals surface area contributed by atoms with Crippen LogP contribution in [0.25, 0.3) is 0 Å². The van der Waals surface area contributed by atoms with Gasteiger partial charge in [-0.05, 0) is 12.3 Å². The molecule has 0 aromatic carbocycles. The van der Waals surface area contributed by atoms with Gasteiger partial charge in [-0.3, -0.25) is 0 Å².